The molecular weight excluding hydrogens is 601 g/mol. The van der Waals surface area contributed by atoms with Gasteiger partial charge in [0.05, 0.1) is 0 Å². The number of hydrogen-bond acceptors (Lipinski definition) is 7. The first-order valence-corrected chi connectivity index (χ1v) is 14.9. The minimum Gasteiger partial charge on any atom is -0.378 e. The second-order valence-electron chi connectivity index (χ2n) is 7.59. The van der Waals surface area contributed by atoms with E-state index in [1.165, 1.54) is 12.1 Å². The molecule has 1 fully saturated rings. The van der Waals surface area contributed by atoms with Gasteiger partial charge in [-0.05, 0) is 36.5 Å². The van der Waals surface area contributed by atoms with Crippen LogP contribution < -0.4 is 8.31 Å². The molecule has 1 aromatic rings. The van der Waals surface area contributed by atoms with Crippen LogP contribution in [0.3, 0.4) is 0 Å². The minimum atomic E-state index is -7.33. The van der Waals surface area contributed by atoms with Gasteiger partial charge in [0.15, 0.2) is 8.68 Å². The number of alkyl halides is 9. The van der Waals surface area contributed by atoms with Gasteiger partial charge in [0, 0.05) is 11.2 Å². The third kappa shape index (κ3) is 5.56. The van der Waals surface area contributed by atoms with E-state index >= 15 is 0 Å². The summed E-state index contributed by atoms with van der Waals surface area (Å²) in [6, 6.07) is 4.02. The number of sulfonamides is 1. The van der Waals surface area contributed by atoms with Crippen molar-refractivity contribution in [1.82, 2.24) is 4.13 Å². The summed E-state index contributed by atoms with van der Waals surface area (Å²) in [5.74, 6) is -8.30. The molecule has 0 aromatic heterocycles. The quantitative estimate of drug-likeness (QED) is 0.324. The highest BCUT2D eigenvalue weighted by Crippen LogP contribution is 2.51. The van der Waals surface area contributed by atoms with E-state index < -0.39 is 60.6 Å². The van der Waals surface area contributed by atoms with Crippen molar-refractivity contribution in [1.29, 1.82) is 0 Å². The van der Waals surface area contributed by atoms with Gasteiger partial charge in [-0.2, -0.15) is 47.9 Å². The standard InChI is InChI=1S/C16H16F9NO6S4/c17-13(18,14(19,20)35(29,33)26-34(27,28)16(23,24)25)15(21,22)36(30,31)32-12-8-6-11(7-9-12)10-4-2-1-3-5-10/h6-10,26H,1-5H2. The van der Waals surface area contributed by atoms with E-state index in [0.29, 0.717) is 5.56 Å². The number of nitrogens with one attached hydrogen (secondary N) is 1. The van der Waals surface area contributed by atoms with Crippen LogP contribution in [0, 0.1) is 0 Å². The van der Waals surface area contributed by atoms with Crippen LogP contribution in [0.15, 0.2) is 24.3 Å². The molecule has 0 aliphatic heterocycles. The summed E-state index contributed by atoms with van der Waals surface area (Å²) >= 11 is 3.28. The molecule has 1 aliphatic rings. The van der Waals surface area contributed by atoms with Crippen molar-refractivity contribution in [3.63, 3.8) is 0 Å². The van der Waals surface area contributed by atoms with Gasteiger partial charge in [0.1, 0.15) is 5.75 Å². The van der Waals surface area contributed by atoms with Gasteiger partial charge in [-0.25, -0.2) is 12.6 Å². The molecule has 208 valence electrons. The summed E-state index contributed by atoms with van der Waals surface area (Å²) < 4.78 is 182. The number of halogens is 9. The van der Waals surface area contributed by atoms with Crippen LogP contribution in [0.2, 0.25) is 0 Å². The first kappa shape index (κ1) is 30.8. The molecule has 0 amide bonds. The summed E-state index contributed by atoms with van der Waals surface area (Å²) in [5.41, 5.74) is -5.88. The normalized spacial score (nSPS) is 19.0. The molecule has 0 spiro atoms. The molecule has 20 heteroatoms. The Kier molecular flexibility index (Phi) is 8.34. The van der Waals surface area contributed by atoms with Crippen LogP contribution in [-0.4, -0.2) is 43.0 Å². The highest BCUT2D eigenvalue weighted by atomic mass is 32.8. The van der Waals surface area contributed by atoms with Crippen LogP contribution in [-0.2, 0) is 40.0 Å². The van der Waals surface area contributed by atoms with E-state index in [0.717, 1.165) is 44.2 Å². The molecule has 1 atom stereocenters. The van der Waals surface area contributed by atoms with Crippen molar-refractivity contribution >= 4 is 40.0 Å². The second-order valence-corrected chi connectivity index (χ2v) is 14.2. The first-order chi connectivity index (χ1) is 16.0. The third-order valence-corrected chi connectivity index (χ3v) is 10.9. The van der Waals surface area contributed by atoms with Crippen LogP contribution in [0.25, 0.3) is 0 Å². The van der Waals surface area contributed by atoms with Gasteiger partial charge in [-0.3, -0.25) is 0 Å². The fraction of sp³-hybridized carbons (Fsp3) is 0.625. The van der Waals surface area contributed by atoms with Crippen LogP contribution in [0.4, 0.5) is 39.5 Å². The smallest absolute Gasteiger partial charge is 0.378 e. The molecule has 36 heavy (non-hydrogen) atoms. The average molecular weight is 618 g/mol. The Labute approximate surface area is 204 Å². The molecule has 1 N–H and O–H groups in total. The Morgan fingerprint density at radius 2 is 1.25 bits per heavy atom. The van der Waals surface area contributed by atoms with Gasteiger partial charge in [-0.1, -0.05) is 31.4 Å². The maximum Gasteiger partial charge on any atom is 0.512 e. The Balaban J connectivity index is 2.36. The lowest BCUT2D eigenvalue weighted by Crippen LogP contribution is -2.63. The molecule has 7 nitrogen and oxygen atoms in total. The van der Waals surface area contributed by atoms with Gasteiger partial charge < -0.3 is 4.18 Å². The van der Waals surface area contributed by atoms with Crippen molar-refractivity contribution in [3.8, 4) is 5.75 Å². The highest BCUT2D eigenvalue weighted by molar-refractivity contribution is 8.35. The zero-order valence-corrected chi connectivity index (χ0v) is 20.7. The number of rotatable bonds is 9. The second kappa shape index (κ2) is 9.73. The number of hydrogen-bond donors (Lipinski definition) is 1. The molecule has 0 radical (unpaired) electrons. The van der Waals surface area contributed by atoms with Crippen molar-refractivity contribution in [2.45, 2.75) is 60.0 Å². The Hall–Kier alpha value is -1.38. The highest BCUT2D eigenvalue weighted by Gasteiger charge is 2.82. The lowest BCUT2D eigenvalue weighted by Gasteiger charge is -2.32. The van der Waals surface area contributed by atoms with E-state index in [1.54, 1.807) is 0 Å². The predicted octanol–water partition coefficient (Wildman–Crippen LogP) is 4.36. The van der Waals surface area contributed by atoms with Crippen molar-refractivity contribution in [2.75, 3.05) is 0 Å². The molecule has 0 saturated heterocycles. The largest absolute Gasteiger partial charge is 0.512 e. The summed E-state index contributed by atoms with van der Waals surface area (Å²) in [7, 11) is -21.2. The molecule has 0 heterocycles. The topological polar surface area (TPSA) is 107 Å². The third-order valence-electron chi connectivity index (χ3n) is 5.07. The Morgan fingerprint density at radius 3 is 1.69 bits per heavy atom. The summed E-state index contributed by atoms with van der Waals surface area (Å²) in [6.45, 7) is 0. The Bertz CT molecular complexity index is 1270. The van der Waals surface area contributed by atoms with Crippen LogP contribution in [0.5, 0.6) is 5.75 Å². The molecular formula is C16H16F9NO6S4. The Morgan fingerprint density at radius 1 is 0.778 bits per heavy atom. The lowest BCUT2D eigenvalue weighted by molar-refractivity contribution is -0.244. The average Bonchev–Trinajstić information content (AvgIpc) is 2.72. The fourth-order valence-electron chi connectivity index (χ4n) is 3.15. The summed E-state index contributed by atoms with van der Waals surface area (Å²) in [4.78, 5) is 0. The first-order valence-electron chi connectivity index (χ1n) is 9.52. The SMILES string of the molecule is O=S(=O)(NS(=O)(=S)C(F)(F)C(F)(F)C(F)(F)S(=O)(=O)Oc1ccc(C2CCCCC2)cc1)C(F)(F)F. The predicted molar refractivity (Wildman–Crippen MR) is 110 cm³/mol. The minimum absolute atomic E-state index is 0.0366. The van der Waals surface area contributed by atoms with Gasteiger partial charge >= 0.3 is 42.1 Å². The zero-order valence-electron chi connectivity index (χ0n) is 17.4. The molecule has 1 saturated carbocycles. The van der Waals surface area contributed by atoms with Crippen molar-refractivity contribution < 1.29 is 64.7 Å². The van der Waals surface area contributed by atoms with E-state index in [1.807, 2.05) is 0 Å². The summed E-state index contributed by atoms with van der Waals surface area (Å²) in [5, 5.41) is -14.0. The van der Waals surface area contributed by atoms with Gasteiger partial charge in [0.25, 0.3) is 0 Å². The zero-order chi connectivity index (χ0) is 28.0. The van der Waals surface area contributed by atoms with E-state index in [2.05, 4.69) is 15.4 Å². The van der Waals surface area contributed by atoms with Gasteiger partial charge in [-0.15, -0.1) is 4.13 Å². The van der Waals surface area contributed by atoms with E-state index in [-0.39, 0.29) is 5.92 Å². The van der Waals surface area contributed by atoms with Crippen molar-refractivity contribution in [2.24, 2.45) is 0 Å². The molecule has 1 aliphatic carbocycles. The monoisotopic (exact) mass is 617 g/mol. The van der Waals surface area contributed by atoms with E-state index in [9.17, 15) is 60.6 Å². The van der Waals surface area contributed by atoms with E-state index in [4.69, 9.17) is 0 Å². The summed E-state index contributed by atoms with van der Waals surface area (Å²) in [6.07, 6.45) is 4.28. The maximum atomic E-state index is 14.2. The molecule has 0 bridgehead atoms. The molecule has 1 aromatic carbocycles. The van der Waals surface area contributed by atoms with Crippen molar-refractivity contribution in [3.05, 3.63) is 29.8 Å². The van der Waals surface area contributed by atoms with Crippen LogP contribution in [0.1, 0.15) is 43.6 Å². The number of benzene rings is 1. The van der Waals surface area contributed by atoms with Crippen LogP contribution >= 0.6 is 0 Å². The maximum absolute atomic E-state index is 14.2. The van der Waals surface area contributed by atoms with Gasteiger partial charge in [0.2, 0.25) is 0 Å². The lowest BCUT2D eigenvalue weighted by atomic mass is 9.84. The fourth-order valence-corrected chi connectivity index (χ4v) is 7.66. The molecule has 2 rings (SSSR count). The molecule has 1 unspecified atom stereocenters.